The highest BCUT2D eigenvalue weighted by molar-refractivity contribution is 6.36. The molecule has 0 bridgehead atoms. The molecule has 2 rings (SSSR count). The second-order valence-electron chi connectivity index (χ2n) is 4.69. The summed E-state index contributed by atoms with van der Waals surface area (Å²) in [5.74, 6) is -3.74. The molecule has 0 amide bonds. The molecule has 1 aromatic heterocycles. The van der Waals surface area contributed by atoms with Crippen LogP contribution < -0.4 is 5.73 Å². The summed E-state index contributed by atoms with van der Waals surface area (Å²) in [6, 6.07) is 1.77. The molecule has 0 aliphatic carbocycles. The monoisotopic (exact) mass is 385 g/mol. The smallest absolute Gasteiger partial charge is 0.475 e. The van der Waals surface area contributed by atoms with Gasteiger partial charge in [0.25, 0.3) is 0 Å². The molecule has 0 spiro atoms. The summed E-state index contributed by atoms with van der Waals surface area (Å²) in [6.07, 6.45) is -5.08. The number of ether oxygens (including phenoxy) is 1. The molecular weight excluding hydrogens is 374 g/mol. The molecule has 11 heteroatoms. The molecule has 6 nitrogen and oxygen atoms in total. The molecule has 0 aliphatic heterocycles. The van der Waals surface area contributed by atoms with E-state index >= 15 is 0 Å². The van der Waals surface area contributed by atoms with E-state index < -0.39 is 30.0 Å². The first-order valence-corrected chi connectivity index (χ1v) is 6.83. The number of aliphatic carboxylic acids is 1. The first-order valence-electron chi connectivity index (χ1n) is 6.45. The minimum Gasteiger partial charge on any atom is -0.475 e. The van der Waals surface area contributed by atoms with Crippen molar-refractivity contribution in [2.75, 3.05) is 7.11 Å². The molecule has 1 aromatic carbocycles. The lowest BCUT2D eigenvalue weighted by atomic mass is 10.1. The third-order valence-corrected chi connectivity index (χ3v) is 3.17. The largest absolute Gasteiger partial charge is 0.490 e. The Hall–Kier alpha value is -2.33. The fourth-order valence-corrected chi connectivity index (χ4v) is 2.06. The molecule has 138 valence electrons. The van der Waals surface area contributed by atoms with Gasteiger partial charge in [0, 0.05) is 5.39 Å². The lowest BCUT2D eigenvalue weighted by Crippen LogP contribution is -2.21. The lowest BCUT2D eigenvalue weighted by molar-refractivity contribution is -0.192. The van der Waals surface area contributed by atoms with Gasteiger partial charge < -0.3 is 20.0 Å². The number of benzene rings is 1. The van der Waals surface area contributed by atoms with Crippen molar-refractivity contribution in [2.24, 2.45) is 5.73 Å². The summed E-state index contributed by atoms with van der Waals surface area (Å²) in [4.78, 5) is 20.4. The van der Waals surface area contributed by atoms with Gasteiger partial charge >= 0.3 is 18.1 Å². The minimum atomic E-state index is -5.08. The number of carbonyl (C=O) groups excluding carboxylic acids is 1. The first-order chi connectivity index (χ1) is 11.4. The highest BCUT2D eigenvalue weighted by Gasteiger charge is 2.38. The Morgan fingerprint density at radius 2 is 1.88 bits per heavy atom. The van der Waals surface area contributed by atoms with E-state index in [9.17, 15) is 22.4 Å². The van der Waals surface area contributed by atoms with Crippen molar-refractivity contribution in [3.63, 3.8) is 0 Å². The second kappa shape index (κ2) is 7.70. The number of furan rings is 1. The van der Waals surface area contributed by atoms with Crippen LogP contribution in [0.3, 0.4) is 0 Å². The fourth-order valence-electron chi connectivity index (χ4n) is 1.71. The number of nitrogens with two attached hydrogens (primary N) is 1. The maximum absolute atomic E-state index is 13.4. The number of esters is 1. The highest BCUT2D eigenvalue weighted by Crippen LogP contribution is 2.36. The van der Waals surface area contributed by atoms with Gasteiger partial charge in [0.1, 0.15) is 17.1 Å². The molecule has 0 saturated carbocycles. The lowest BCUT2D eigenvalue weighted by Gasteiger charge is -2.00. The summed E-state index contributed by atoms with van der Waals surface area (Å²) in [6.45, 7) is 1.68. The maximum atomic E-state index is 13.4. The fraction of sp³-hybridized carbons (Fsp3) is 0.286. The molecule has 25 heavy (non-hydrogen) atoms. The minimum absolute atomic E-state index is 0.0127. The van der Waals surface area contributed by atoms with Crippen LogP contribution in [0.1, 0.15) is 29.1 Å². The van der Waals surface area contributed by atoms with Gasteiger partial charge in [-0.25, -0.2) is 14.0 Å². The van der Waals surface area contributed by atoms with E-state index in [4.69, 9.17) is 31.7 Å². The van der Waals surface area contributed by atoms with Gasteiger partial charge in [-0.3, -0.25) is 0 Å². The number of alkyl halides is 3. The number of methoxy groups -OCH3 is 1. The van der Waals surface area contributed by atoms with Crippen molar-refractivity contribution < 1.29 is 41.4 Å². The predicted molar refractivity (Wildman–Crippen MR) is 78.8 cm³/mol. The molecule has 3 N–H and O–H groups in total. The van der Waals surface area contributed by atoms with Crippen molar-refractivity contribution in [3.8, 4) is 0 Å². The highest BCUT2D eigenvalue weighted by atomic mass is 35.5. The molecule has 0 fully saturated rings. The topological polar surface area (TPSA) is 103 Å². The molecule has 0 radical (unpaired) electrons. The van der Waals surface area contributed by atoms with E-state index in [-0.39, 0.29) is 16.2 Å². The average Bonchev–Trinajstić information content (AvgIpc) is 2.83. The number of halogens is 5. The molecule has 0 aliphatic rings. The maximum Gasteiger partial charge on any atom is 0.490 e. The van der Waals surface area contributed by atoms with Crippen molar-refractivity contribution in [3.05, 3.63) is 34.3 Å². The van der Waals surface area contributed by atoms with E-state index in [2.05, 4.69) is 4.74 Å². The van der Waals surface area contributed by atoms with Gasteiger partial charge in [-0.2, -0.15) is 13.2 Å². The molecule has 1 heterocycles. The van der Waals surface area contributed by atoms with Crippen molar-refractivity contribution in [2.45, 2.75) is 19.1 Å². The van der Waals surface area contributed by atoms with E-state index in [0.29, 0.717) is 11.1 Å². The van der Waals surface area contributed by atoms with E-state index in [0.717, 1.165) is 6.07 Å². The Labute approximate surface area is 143 Å². The predicted octanol–water partition coefficient (Wildman–Crippen LogP) is 3.66. The van der Waals surface area contributed by atoms with Gasteiger partial charge in [0.15, 0.2) is 5.58 Å². The van der Waals surface area contributed by atoms with Crippen LogP contribution in [-0.2, 0) is 9.53 Å². The number of carbonyl (C=O) groups is 2. The van der Waals surface area contributed by atoms with Gasteiger partial charge in [-0.15, -0.1) is 0 Å². The Balaban J connectivity index is 0.000000381. The standard InChI is InChI=1S/C12H11ClFNO3.C2HF3O2/c1-5(15)10-9(13)7-3-6(14)4-8(11(7)18-10)12(16)17-2;3-2(4,5)1(6)7/h3-5H,15H2,1-2H3;(H,6,7)/t5-;/m0./s1. The van der Waals surface area contributed by atoms with E-state index in [1.165, 1.54) is 13.2 Å². The van der Waals surface area contributed by atoms with Gasteiger partial charge in [0.2, 0.25) is 0 Å². The van der Waals surface area contributed by atoms with Crippen LogP contribution in [0, 0.1) is 5.82 Å². The Kier molecular flexibility index (Phi) is 6.38. The third-order valence-electron chi connectivity index (χ3n) is 2.78. The van der Waals surface area contributed by atoms with Crippen LogP contribution >= 0.6 is 11.6 Å². The molecule has 1 atom stereocenters. The van der Waals surface area contributed by atoms with Crippen molar-refractivity contribution in [1.29, 1.82) is 0 Å². The summed E-state index contributed by atoms with van der Waals surface area (Å²) < 4.78 is 55.2. The van der Waals surface area contributed by atoms with Gasteiger partial charge in [-0.05, 0) is 19.1 Å². The zero-order chi connectivity index (χ0) is 19.5. The van der Waals surface area contributed by atoms with Gasteiger partial charge in [-0.1, -0.05) is 11.6 Å². The number of carboxylic acid groups (broad SMARTS) is 1. The summed E-state index contributed by atoms with van der Waals surface area (Å²) in [5.41, 5.74) is 5.86. The Bertz CT molecular complexity index is 801. The zero-order valence-electron chi connectivity index (χ0n) is 12.8. The van der Waals surface area contributed by atoms with Crippen LogP contribution in [0.4, 0.5) is 17.6 Å². The molecular formula is C14H12ClF4NO5. The number of rotatable bonds is 2. The van der Waals surface area contributed by atoms with Crippen LogP contribution in [0.25, 0.3) is 11.0 Å². The number of fused-ring (bicyclic) bond motifs is 1. The number of hydrogen-bond donors (Lipinski definition) is 2. The molecule has 0 unspecified atom stereocenters. The van der Waals surface area contributed by atoms with Crippen molar-refractivity contribution in [1.82, 2.24) is 0 Å². The third kappa shape index (κ3) is 4.83. The average molecular weight is 386 g/mol. The summed E-state index contributed by atoms with van der Waals surface area (Å²) in [5, 5.41) is 7.65. The van der Waals surface area contributed by atoms with Crippen LogP contribution in [0.5, 0.6) is 0 Å². The summed E-state index contributed by atoms with van der Waals surface area (Å²) >= 11 is 6.05. The Morgan fingerprint density at radius 3 is 2.28 bits per heavy atom. The number of hydrogen-bond acceptors (Lipinski definition) is 5. The summed E-state index contributed by atoms with van der Waals surface area (Å²) in [7, 11) is 1.20. The quantitative estimate of drug-likeness (QED) is 0.604. The second-order valence-corrected chi connectivity index (χ2v) is 5.07. The van der Waals surface area contributed by atoms with Crippen molar-refractivity contribution >= 4 is 34.5 Å². The van der Waals surface area contributed by atoms with E-state index in [1.807, 2.05) is 0 Å². The van der Waals surface area contributed by atoms with Crippen LogP contribution in [-0.4, -0.2) is 30.3 Å². The zero-order valence-corrected chi connectivity index (χ0v) is 13.5. The number of carboxylic acids is 1. The SMILES string of the molecule is COC(=O)c1cc(F)cc2c(Cl)c([C@H](C)N)oc12.O=C(O)C(F)(F)F. The molecule has 0 saturated heterocycles. The van der Waals surface area contributed by atoms with E-state index in [1.54, 1.807) is 6.92 Å². The first kappa shape index (κ1) is 20.7. The van der Waals surface area contributed by atoms with Crippen LogP contribution in [0.2, 0.25) is 5.02 Å². The van der Waals surface area contributed by atoms with Gasteiger partial charge in [0.05, 0.1) is 18.2 Å². The van der Waals surface area contributed by atoms with Crippen LogP contribution in [0.15, 0.2) is 16.5 Å². The normalized spacial score (nSPS) is 12.3. The Morgan fingerprint density at radius 1 is 1.36 bits per heavy atom. The molecule has 2 aromatic rings.